The minimum atomic E-state index is -0.632. The average molecular weight is 425 g/mol. The SMILES string of the molecule is COC(=O)[C@@H](C)[C@@H]1CC[C@](C)(CC[C@H]2[C@]3(C)CCCC(C)(C)[C@H]3CC[C@]2(C)O)OO1. The molecule has 1 saturated heterocycles. The fourth-order valence-electron chi connectivity index (χ4n) is 7.27. The van der Waals surface area contributed by atoms with Gasteiger partial charge >= 0.3 is 5.97 Å². The van der Waals surface area contributed by atoms with Crippen LogP contribution in [-0.4, -0.2) is 35.5 Å². The Bertz CT molecular complexity index is 619. The maximum absolute atomic E-state index is 11.8. The van der Waals surface area contributed by atoms with E-state index in [0.29, 0.717) is 11.3 Å². The standard InChI is InChI=1S/C25H44O5/c1-17(21(26)28-7)18-9-14-23(4,30-29-18)15-10-20-24(5)13-8-12-22(2,3)19(24)11-16-25(20,6)27/h17-20,27H,8-16H2,1-7H3/t17-,18-,19+,20-,23+,24+,25-/m0/s1. The van der Waals surface area contributed by atoms with Gasteiger partial charge in [-0.2, -0.15) is 0 Å². The third kappa shape index (κ3) is 4.45. The van der Waals surface area contributed by atoms with E-state index in [1.54, 1.807) is 0 Å². The molecule has 5 nitrogen and oxygen atoms in total. The Kier molecular flexibility index (Phi) is 6.69. The van der Waals surface area contributed by atoms with Crippen LogP contribution in [0.4, 0.5) is 0 Å². The molecule has 2 saturated carbocycles. The van der Waals surface area contributed by atoms with Crippen LogP contribution in [0.2, 0.25) is 0 Å². The van der Waals surface area contributed by atoms with Crippen LogP contribution in [0.5, 0.6) is 0 Å². The Balaban J connectivity index is 1.67. The third-order valence-electron chi connectivity index (χ3n) is 9.18. The van der Waals surface area contributed by atoms with E-state index >= 15 is 0 Å². The smallest absolute Gasteiger partial charge is 0.311 e. The number of rotatable bonds is 5. The molecule has 1 N–H and O–H groups in total. The normalized spacial score (nSPS) is 44.7. The highest BCUT2D eigenvalue weighted by molar-refractivity contribution is 5.72. The summed E-state index contributed by atoms with van der Waals surface area (Å²) in [4.78, 5) is 23.4. The topological polar surface area (TPSA) is 65.0 Å². The molecule has 3 rings (SSSR count). The summed E-state index contributed by atoms with van der Waals surface area (Å²) < 4.78 is 4.84. The Morgan fingerprint density at radius 3 is 2.40 bits per heavy atom. The second-order valence-corrected chi connectivity index (χ2v) is 11.9. The van der Waals surface area contributed by atoms with Crippen LogP contribution in [0.3, 0.4) is 0 Å². The van der Waals surface area contributed by atoms with Crippen molar-refractivity contribution in [2.75, 3.05) is 7.11 Å². The Morgan fingerprint density at radius 2 is 1.80 bits per heavy atom. The molecular formula is C25H44O5. The molecule has 0 aromatic rings. The van der Waals surface area contributed by atoms with Gasteiger partial charge in [0.05, 0.1) is 18.6 Å². The number of methoxy groups -OCH3 is 1. The summed E-state index contributed by atoms with van der Waals surface area (Å²) in [6.07, 6.45) is 8.90. The van der Waals surface area contributed by atoms with Crippen molar-refractivity contribution in [1.29, 1.82) is 0 Å². The van der Waals surface area contributed by atoms with Gasteiger partial charge in [-0.3, -0.25) is 4.79 Å². The van der Waals surface area contributed by atoms with E-state index in [2.05, 4.69) is 34.6 Å². The Morgan fingerprint density at radius 1 is 1.10 bits per heavy atom. The van der Waals surface area contributed by atoms with Crippen LogP contribution in [0.1, 0.15) is 99.3 Å². The first kappa shape index (κ1) is 24.0. The third-order valence-corrected chi connectivity index (χ3v) is 9.18. The number of fused-ring (bicyclic) bond motifs is 1. The van der Waals surface area contributed by atoms with Crippen molar-refractivity contribution in [3.63, 3.8) is 0 Å². The van der Waals surface area contributed by atoms with Gasteiger partial charge in [0.15, 0.2) is 0 Å². The number of esters is 1. The van der Waals surface area contributed by atoms with Gasteiger partial charge in [-0.05, 0) is 94.8 Å². The van der Waals surface area contributed by atoms with Crippen LogP contribution in [0.15, 0.2) is 0 Å². The molecule has 5 heteroatoms. The minimum absolute atomic E-state index is 0.164. The molecule has 7 atom stereocenters. The van der Waals surface area contributed by atoms with E-state index in [1.165, 1.54) is 26.4 Å². The Hall–Kier alpha value is -0.650. The lowest BCUT2D eigenvalue weighted by Crippen LogP contribution is -2.57. The van der Waals surface area contributed by atoms with Gasteiger partial charge < -0.3 is 9.84 Å². The highest BCUT2D eigenvalue weighted by atomic mass is 17.2. The van der Waals surface area contributed by atoms with Crippen LogP contribution in [-0.2, 0) is 19.3 Å². The molecule has 0 spiro atoms. The summed E-state index contributed by atoms with van der Waals surface area (Å²) in [7, 11) is 1.41. The molecule has 3 aliphatic rings. The van der Waals surface area contributed by atoms with Gasteiger partial charge in [0.2, 0.25) is 0 Å². The number of carbonyl (C=O) groups excluding carboxylic acids is 1. The molecule has 0 unspecified atom stereocenters. The zero-order chi connectivity index (χ0) is 22.4. The van der Waals surface area contributed by atoms with Crippen LogP contribution in [0.25, 0.3) is 0 Å². The van der Waals surface area contributed by atoms with E-state index < -0.39 is 5.60 Å². The van der Waals surface area contributed by atoms with Crippen molar-refractivity contribution in [3.8, 4) is 0 Å². The molecule has 0 bridgehead atoms. The molecule has 0 aromatic carbocycles. The lowest BCUT2D eigenvalue weighted by Gasteiger charge is -2.61. The maximum Gasteiger partial charge on any atom is 0.311 e. The quantitative estimate of drug-likeness (QED) is 0.470. The van der Waals surface area contributed by atoms with Crippen molar-refractivity contribution >= 4 is 5.97 Å². The van der Waals surface area contributed by atoms with Gasteiger partial charge in [0.1, 0.15) is 11.7 Å². The summed E-state index contributed by atoms with van der Waals surface area (Å²) in [5, 5.41) is 11.4. The first-order chi connectivity index (χ1) is 13.8. The zero-order valence-electron chi connectivity index (χ0n) is 20.3. The largest absolute Gasteiger partial charge is 0.469 e. The second-order valence-electron chi connectivity index (χ2n) is 11.9. The van der Waals surface area contributed by atoms with E-state index in [0.717, 1.165) is 38.5 Å². The molecule has 2 aliphatic carbocycles. The maximum atomic E-state index is 11.8. The summed E-state index contributed by atoms with van der Waals surface area (Å²) in [6, 6.07) is 0. The lowest BCUT2D eigenvalue weighted by atomic mass is 9.45. The van der Waals surface area contributed by atoms with Gasteiger partial charge in [0.25, 0.3) is 0 Å². The summed E-state index contributed by atoms with van der Waals surface area (Å²) >= 11 is 0. The predicted octanol–water partition coefficient (Wildman–Crippen LogP) is 5.44. The van der Waals surface area contributed by atoms with E-state index in [9.17, 15) is 9.90 Å². The summed E-state index contributed by atoms with van der Waals surface area (Å²) in [5.74, 6) is 0.327. The predicted molar refractivity (Wildman–Crippen MR) is 117 cm³/mol. The van der Waals surface area contributed by atoms with E-state index in [-0.39, 0.29) is 34.9 Å². The number of ether oxygens (including phenoxy) is 1. The zero-order valence-corrected chi connectivity index (χ0v) is 20.3. The van der Waals surface area contributed by atoms with Crippen molar-refractivity contribution in [2.24, 2.45) is 28.6 Å². The first-order valence-electron chi connectivity index (χ1n) is 12.0. The second kappa shape index (κ2) is 8.37. The van der Waals surface area contributed by atoms with Crippen LogP contribution >= 0.6 is 0 Å². The highest BCUT2D eigenvalue weighted by Gasteiger charge is 2.58. The van der Waals surface area contributed by atoms with Gasteiger partial charge in [-0.1, -0.05) is 27.2 Å². The van der Waals surface area contributed by atoms with E-state index in [4.69, 9.17) is 14.5 Å². The van der Waals surface area contributed by atoms with Crippen molar-refractivity contribution in [3.05, 3.63) is 0 Å². The van der Waals surface area contributed by atoms with Crippen LogP contribution in [0, 0.1) is 28.6 Å². The molecule has 1 aliphatic heterocycles. The summed E-state index contributed by atoms with van der Waals surface area (Å²) in [6.45, 7) is 13.3. The number of carbonyl (C=O) groups is 1. The molecule has 174 valence electrons. The average Bonchev–Trinajstić information content (AvgIpc) is 2.65. The fraction of sp³-hybridized carbons (Fsp3) is 0.960. The fourth-order valence-corrected chi connectivity index (χ4v) is 7.27. The van der Waals surface area contributed by atoms with Gasteiger partial charge in [-0.25, -0.2) is 9.78 Å². The molecular weight excluding hydrogens is 380 g/mol. The van der Waals surface area contributed by atoms with Crippen molar-refractivity contribution in [2.45, 2.75) is 117 Å². The molecule has 30 heavy (non-hydrogen) atoms. The Labute approximate surface area is 183 Å². The summed E-state index contributed by atoms with van der Waals surface area (Å²) in [5.41, 5.74) is -0.507. The van der Waals surface area contributed by atoms with Crippen molar-refractivity contribution in [1.82, 2.24) is 0 Å². The van der Waals surface area contributed by atoms with E-state index in [1.807, 2.05) is 6.92 Å². The van der Waals surface area contributed by atoms with Gasteiger partial charge in [-0.15, -0.1) is 0 Å². The molecule has 1 heterocycles. The minimum Gasteiger partial charge on any atom is -0.469 e. The lowest BCUT2D eigenvalue weighted by molar-refractivity contribution is -0.412. The first-order valence-corrected chi connectivity index (χ1v) is 12.0. The number of hydrogen-bond acceptors (Lipinski definition) is 5. The highest BCUT2D eigenvalue weighted by Crippen LogP contribution is 2.63. The van der Waals surface area contributed by atoms with Crippen molar-refractivity contribution < 1.29 is 24.4 Å². The molecule has 0 amide bonds. The molecule has 0 aromatic heterocycles. The van der Waals surface area contributed by atoms with Crippen LogP contribution < -0.4 is 0 Å². The molecule has 0 radical (unpaired) electrons. The van der Waals surface area contributed by atoms with Gasteiger partial charge in [0, 0.05) is 0 Å². The number of aliphatic hydroxyl groups is 1. The molecule has 3 fully saturated rings. The monoisotopic (exact) mass is 424 g/mol. The number of hydrogen-bond donors (Lipinski definition) is 1.